The van der Waals surface area contributed by atoms with Gasteiger partial charge in [-0.25, -0.2) is 8.42 Å². The van der Waals surface area contributed by atoms with Crippen molar-refractivity contribution in [2.75, 3.05) is 18.9 Å². The van der Waals surface area contributed by atoms with Gasteiger partial charge in [-0.2, -0.15) is 8.78 Å². The second-order valence-corrected chi connectivity index (χ2v) is 5.94. The molecule has 0 saturated carbocycles. The molecule has 0 spiro atoms. The van der Waals surface area contributed by atoms with Gasteiger partial charge in [0.15, 0.2) is 0 Å². The molecule has 1 amide bonds. The molecule has 1 aromatic carbocycles. The van der Waals surface area contributed by atoms with Crippen LogP contribution in [-0.4, -0.2) is 33.7 Å². The molecule has 20 heavy (non-hydrogen) atoms. The molecule has 1 aromatic rings. The van der Waals surface area contributed by atoms with Crippen LogP contribution in [0.1, 0.15) is 12.8 Å². The molecule has 8 heteroatoms. The fraction of sp³-hybridized carbons (Fsp3) is 0.417. The number of amides is 1. The predicted molar refractivity (Wildman–Crippen MR) is 71.4 cm³/mol. The van der Waals surface area contributed by atoms with Crippen LogP contribution in [-0.2, 0) is 14.6 Å². The summed E-state index contributed by atoms with van der Waals surface area (Å²) in [7, 11) is -3.00. The zero-order valence-corrected chi connectivity index (χ0v) is 11.7. The standard InChI is InChI=1S/C12H16F2N2O3S/c1-15-8-4-7-11(17)16-9-5-2-3-6-10(9)20(18,19)12(13)14/h2-3,5-6,12,15H,4,7-8H2,1H3,(H,16,17). The number of anilines is 1. The zero-order chi connectivity index (χ0) is 15.2. The molecule has 1 rings (SSSR count). The van der Waals surface area contributed by atoms with Crippen molar-refractivity contribution in [1.29, 1.82) is 0 Å². The first-order chi connectivity index (χ1) is 9.39. The molecule has 0 saturated heterocycles. The van der Waals surface area contributed by atoms with Crippen molar-refractivity contribution in [3.8, 4) is 0 Å². The van der Waals surface area contributed by atoms with Gasteiger partial charge in [0.2, 0.25) is 15.7 Å². The summed E-state index contributed by atoms with van der Waals surface area (Å²) in [4.78, 5) is 11.0. The minimum Gasteiger partial charge on any atom is -0.325 e. The summed E-state index contributed by atoms with van der Waals surface area (Å²) in [5, 5.41) is 5.21. The number of alkyl halides is 2. The number of benzene rings is 1. The minimum atomic E-state index is -4.74. The summed E-state index contributed by atoms with van der Waals surface area (Å²) in [6.07, 6.45) is 0.732. The number of hydrogen-bond donors (Lipinski definition) is 2. The van der Waals surface area contributed by atoms with Crippen molar-refractivity contribution in [2.24, 2.45) is 0 Å². The van der Waals surface area contributed by atoms with E-state index in [9.17, 15) is 22.0 Å². The van der Waals surface area contributed by atoms with Crippen LogP contribution >= 0.6 is 0 Å². The summed E-state index contributed by atoms with van der Waals surface area (Å²) >= 11 is 0. The average molecular weight is 306 g/mol. The number of nitrogens with one attached hydrogen (secondary N) is 2. The van der Waals surface area contributed by atoms with Crippen LogP contribution in [0.3, 0.4) is 0 Å². The fourth-order valence-electron chi connectivity index (χ4n) is 1.55. The largest absolute Gasteiger partial charge is 0.341 e. The Hall–Kier alpha value is -1.54. The first-order valence-electron chi connectivity index (χ1n) is 5.95. The Morgan fingerprint density at radius 1 is 1.30 bits per heavy atom. The monoisotopic (exact) mass is 306 g/mol. The zero-order valence-electron chi connectivity index (χ0n) is 10.9. The second kappa shape index (κ2) is 7.30. The maximum Gasteiger partial charge on any atom is 0.341 e. The van der Waals surface area contributed by atoms with Gasteiger partial charge >= 0.3 is 5.76 Å². The SMILES string of the molecule is CNCCCC(=O)Nc1ccccc1S(=O)(=O)C(F)F. The van der Waals surface area contributed by atoms with Crippen molar-refractivity contribution < 1.29 is 22.0 Å². The van der Waals surface area contributed by atoms with Gasteiger partial charge in [-0.15, -0.1) is 0 Å². The van der Waals surface area contributed by atoms with Gasteiger partial charge in [0.1, 0.15) is 0 Å². The predicted octanol–water partition coefficient (Wildman–Crippen LogP) is 1.62. The first-order valence-corrected chi connectivity index (χ1v) is 7.49. The molecule has 0 aliphatic heterocycles. The molecule has 0 bridgehead atoms. The molecule has 0 aromatic heterocycles. The Morgan fingerprint density at radius 3 is 2.55 bits per heavy atom. The summed E-state index contributed by atoms with van der Waals surface area (Å²) in [6.45, 7) is 0.629. The van der Waals surface area contributed by atoms with Gasteiger partial charge in [0.05, 0.1) is 10.6 Å². The quantitative estimate of drug-likeness (QED) is 0.751. The molecular weight excluding hydrogens is 290 g/mol. The van der Waals surface area contributed by atoms with Crippen molar-refractivity contribution in [2.45, 2.75) is 23.5 Å². The number of carbonyl (C=O) groups excluding carboxylic acids is 1. The van der Waals surface area contributed by atoms with E-state index < -0.39 is 26.4 Å². The van der Waals surface area contributed by atoms with Crippen LogP contribution < -0.4 is 10.6 Å². The van der Waals surface area contributed by atoms with E-state index in [1.54, 1.807) is 7.05 Å². The molecule has 112 valence electrons. The fourth-order valence-corrected chi connectivity index (χ4v) is 2.44. The lowest BCUT2D eigenvalue weighted by molar-refractivity contribution is -0.116. The lowest BCUT2D eigenvalue weighted by atomic mass is 10.2. The number of rotatable bonds is 7. The lowest BCUT2D eigenvalue weighted by Gasteiger charge is -2.11. The van der Waals surface area contributed by atoms with E-state index in [-0.39, 0.29) is 12.1 Å². The number of para-hydroxylation sites is 1. The first kappa shape index (κ1) is 16.5. The maximum atomic E-state index is 12.6. The Bertz CT molecular complexity index is 562. The molecule has 0 heterocycles. The molecule has 5 nitrogen and oxygen atoms in total. The Balaban J connectivity index is 2.89. The number of carbonyl (C=O) groups is 1. The highest BCUT2D eigenvalue weighted by Gasteiger charge is 2.29. The summed E-state index contributed by atoms with van der Waals surface area (Å²) in [5.74, 6) is -3.94. The van der Waals surface area contributed by atoms with Crippen molar-refractivity contribution >= 4 is 21.4 Å². The topological polar surface area (TPSA) is 75.3 Å². The van der Waals surface area contributed by atoms with Crippen molar-refractivity contribution in [3.05, 3.63) is 24.3 Å². The third kappa shape index (κ3) is 4.24. The molecule has 0 atom stereocenters. The Labute approximate surface area is 116 Å². The van der Waals surface area contributed by atoms with Crippen LogP contribution in [0.4, 0.5) is 14.5 Å². The molecule has 0 fully saturated rings. The van der Waals surface area contributed by atoms with Crippen LogP contribution in [0.5, 0.6) is 0 Å². The summed E-state index contributed by atoms with van der Waals surface area (Å²) in [5.41, 5.74) is -0.123. The number of halogens is 2. The molecule has 0 unspecified atom stereocenters. The van der Waals surface area contributed by atoms with E-state index in [4.69, 9.17) is 0 Å². The van der Waals surface area contributed by atoms with Crippen LogP contribution in [0.2, 0.25) is 0 Å². The summed E-state index contributed by atoms with van der Waals surface area (Å²) in [6, 6.07) is 5.12. The molecular formula is C12H16F2N2O3S. The van der Waals surface area contributed by atoms with E-state index in [0.717, 1.165) is 6.07 Å². The molecule has 0 radical (unpaired) electrons. The third-order valence-electron chi connectivity index (χ3n) is 2.53. The van der Waals surface area contributed by atoms with Crippen LogP contribution in [0, 0.1) is 0 Å². The lowest BCUT2D eigenvalue weighted by Crippen LogP contribution is -2.18. The van der Waals surface area contributed by atoms with Crippen LogP contribution in [0.25, 0.3) is 0 Å². The Kier molecular flexibility index (Phi) is 6.03. The molecule has 2 N–H and O–H groups in total. The molecule has 0 aliphatic rings. The van der Waals surface area contributed by atoms with E-state index in [0.29, 0.717) is 13.0 Å². The smallest absolute Gasteiger partial charge is 0.325 e. The normalized spacial score (nSPS) is 11.6. The van der Waals surface area contributed by atoms with Crippen molar-refractivity contribution in [3.63, 3.8) is 0 Å². The maximum absolute atomic E-state index is 12.6. The van der Waals surface area contributed by atoms with Crippen LogP contribution in [0.15, 0.2) is 29.2 Å². The second-order valence-electron chi connectivity index (χ2n) is 4.06. The van der Waals surface area contributed by atoms with E-state index in [2.05, 4.69) is 10.6 Å². The van der Waals surface area contributed by atoms with Crippen molar-refractivity contribution in [1.82, 2.24) is 5.32 Å². The van der Waals surface area contributed by atoms with Gasteiger partial charge in [-0.3, -0.25) is 4.79 Å². The van der Waals surface area contributed by atoms with Gasteiger partial charge < -0.3 is 10.6 Å². The minimum absolute atomic E-state index is 0.123. The van der Waals surface area contributed by atoms with Gasteiger partial charge in [0.25, 0.3) is 0 Å². The highest BCUT2D eigenvalue weighted by molar-refractivity contribution is 7.91. The van der Waals surface area contributed by atoms with Gasteiger partial charge in [-0.1, -0.05) is 12.1 Å². The highest BCUT2D eigenvalue weighted by atomic mass is 32.2. The number of sulfone groups is 1. The van der Waals surface area contributed by atoms with E-state index >= 15 is 0 Å². The highest BCUT2D eigenvalue weighted by Crippen LogP contribution is 2.26. The third-order valence-corrected chi connectivity index (χ3v) is 3.97. The summed E-state index contributed by atoms with van der Waals surface area (Å²) < 4.78 is 48.1. The van der Waals surface area contributed by atoms with E-state index in [1.165, 1.54) is 18.2 Å². The Morgan fingerprint density at radius 2 is 1.95 bits per heavy atom. The van der Waals surface area contributed by atoms with Gasteiger partial charge in [0, 0.05) is 6.42 Å². The van der Waals surface area contributed by atoms with Gasteiger partial charge in [-0.05, 0) is 32.1 Å². The van der Waals surface area contributed by atoms with E-state index in [1.807, 2.05) is 0 Å². The molecule has 0 aliphatic carbocycles. The average Bonchev–Trinajstić information content (AvgIpc) is 2.39. The number of hydrogen-bond acceptors (Lipinski definition) is 4.